The number of nitrogens with zero attached hydrogens (tertiary/aromatic N) is 1. The van der Waals surface area contributed by atoms with Crippen LogP contribution in [-0.4, -0.2) is 17.9 Å². The van der Waals surface area contributed by atoms with Crippen LogP contribution in [0.4, 0.5) is 0 Å². The lowest BCUT2D eigenvalue weighted by Crippen LogP contribution is -1.87. The minimum Gasteiger partial charge on any atom is -0.507 e. The molecule has 0 fully saturated rings. The summed E-state index contributed by atoms with van der Waals surface area (Å²) in [5.41, 5.74) is 0.550. The molecule has 0 radical (unpaired) electrons. The van der Waals surface area contributed by atoms with Gasteiger partial charge in [0.05, 0.1) is 6.21 Å². The molecule has 0 saturated carbocycles. The highest BCUT2D eigenvalue weighted by Crippen LogP contribution is 2.19. The van der Waals surface area contributed by atoms with Crippen molar-refractivity contribution in [3.63, 3.8) is 0 Å². The summed E-state index contributed by atoms with van der Waals surface area (Å²) in [6.07, 6.45) is 2.34. The van der Waals surface area contributed by atoms with Crippen molar-refractivity contribution in [1.82, 2.24) is 0 Å². The van der Waals surface area contributed by atoms with E-state index in [0.29, 0.717) is 17.2 Å². The van der Waals surface area contributed by atoms with Gasteiger partial charge in [0.25, 0.3) is 0 Å². The maximum Gasteiger partial charge on any atom is 0.124 e. The second kappa shape index (κ2) is 5.50. The van der Waals surface area contributed by atoms with Gasteiger partial charge in [-0.2, -0.15) is 0 Å². The van der Waals surface area contributed by atoms with E-state index in [0.717, 1.165) is 6.42 Å². The van der Waals surface area contributed by atoms with Crippen molar-refractivity contribution >= 4 is 17.8 Å². The smallest absolute Gasteiger partial charge is 0.124 e. The van der Waals surface area contributed by atoms with Gasteiger partial charge in [0.15, 0.2) is 0 Å². The van der Waals surface area contributed by atoms with E-state index in [2.05, 4.69) is 5.16 Å². The van der Waals surface area contributed by atoms with Gasteiger partial charge < -0.3 is 9.94 Å². The monoisotopic (exact) mass is 213 g/mol. The highest BCUT2D eigenvalue weighted by atomic mass is 35.5. The number of halogens is 1. The quantitative estimate of drug-likeness (QED) is 0.475. The third-order valence-corrected chi connectivity index (χ3v) is 1.79. The van der Waals surface area contributed by atoms with Crippen molar-refractivity contribution in [3.8, 4) is 5.75 Å². The molecule has 0 spiro atoms. The van der Waals surface area contributed by atoms with Crippen LogP contribution in [0.3, 0.4) is 0 Å². The number of phenolic OH excluding ortho intramolecular Hbond substituents is 1. The molecule has 76 valence electrons. The Bertz CT molecular complexity index is 326. The van der Waals surface area contributed by atoms with E-state index in [1.807, 2.05) is 6.92 Å². The maximum atomic E-state index is 9.39. The van der Waals surface area contributed by atoms with E-state index in [1.54, 1.807) is 12.1 Å². The third kappa shape index (κ3) is 3.26. The predicted octanol–water partition coefficient (Wildman–Crippen LogP) is 2.81. The average Bonchev–Trinajstić information content (AvgIpc) is 2.18. The molecule has 1 aromatic rings. The van der Waals surface area contributed by atoms with Crippen LogP contribution in [0.2, 0.25) is 5.02 Å². The number of benzene rings is 1. The molecule has 1 aromatic carbocycles. The molecular weight excluding hydrogens is 202 g/mol. The van der Waals surface area contributed by atoms with E-state index in [1.165, 1.54) is 12.3 Å². The topological polar surface area (TPSA) is 41.8 Å². The normalized spacial score (nSPS) is 10.7. The largest absolute Gasteiger partial charge is 0.507 e. The van der Waals surface area contributed by atoms with E-state index in [4.69, 9.17) is 16.4 Å². The molecule has 0 aromatic heterocycles. The van der Waals surface area contributed by atoms with Crippen LogP contribution >= 0.6 is 11.6 Å². The molecule has 0 aliphatic rings. The molecule has 0 aliphatic heterocycles. The zero-order valence-electron chi connectivity index (χ0n) is 7.90. The zero-order valence-corrected chi connectivity index (χ0v) is 8.66. The van der Waals surface area contributed by atoms with E-state index >= 15 is 0 Å². The van der Waals surface area contributed by atoms with Crippen LogP contribution < -0.4 is 0 Å². The van der Waals surface area contributed by atoms with Gasteiger partial charge in [-0.25, -0.2) is 0 Å². The lowest BCUT2D eigenvalue weighted by Gasteiger charge is -1.98. The number of phenols is 1. The lowest BCUT2D eigenvalue weighted by atomic mass is 10.2. The Hall–Kier alpha value is -1.22. The molecule has 4 heteroatoms. The summed E-state index contributed by atoms with van der Waals surface area (Å²) in [4.78, 5) is 4.90. The van der Waals surface area contributed by atoms with Crippen LogP contribution in [-0.2, 0) is 4.84 Å². The van der Waals surface area contributed by atoms with Gasteiger partial charge in [-0.1, -0.05) is 23.7 Å². The highest BCUT2D eigenvalue weighted by Gasteiger charge is 1.98. The first kappa shape index (κ1) is 10.9. The fraction of sp³-hybridized carbons (Fsp3) is 0.300. The van der Waals surface area contributed by atoms with Gasteiger partial charge in [0, 0.05) is 10.6 Å². The lowest BCUT2D eigenvalue weighted by molar-refractivity contribution is 0.146. The molecule has 0 heterocycles. The van der Waals surface area contributed by atoms with Gasteiger partial charge >= 0.3 is 0 Å². The molecule has 0 amide bonds. The summed E-state index contributed by atoms with van der Waals surface area (Å²) >= 11 is 5.74. The van der Waals surface area contributed by atoms with Crippen molar-refractivity contribution < 1.29 is 9.94 Å². The average molecular weight is 214 g/mol. The first-order valence-corrected chi connectivity index (χ1v) is 4.75. The van der Waals surface area contributed by atoms with Gasteiger partial charge in [0.1, 0.15) is 12.4 Å². The number of hydrogen-bond donors (Lipinski definition) is 1. The Morgan fingerprint density at radius 3 is 3.07 bits per heavy atom. The Morgan fingerprint density at radius 2 is 2.36 bits per heavy atom. The Kier molecular flexibility index (Phi) is 4.26. The fourth-order valence-electron chi connectivity index (χ4n) is 0.867. The van der Waals surface area contributed by atoms with E-state index < -0.39 is 0 Å². The van der Waals surface area contributed by atoms with Crippen molar-refractivity contribution in [3.05, 3.63) is 28.8 Å². The standard InChI is InChI=1S/C10H12ClNO2/c1-2-5-14-12-7-8-6-9(11)3-4-10(8)13/h3-4,6-7,13H,2,5H2,1H3/b12-7+. The van der Waals surface area contributed by atoms with Crippen molar-refractivity contribution in [2.24, 2.45) is 5.16 Å². The summed E-state index contributed by atoms with van der Waals surface area (Å²) in [5.74, 6) is 0.137. The molecule has 0 saturated heterocycles. The molecule has 0 unspecified atom stereocenters. The first-order valence-electron chi connectivity index (χ1n) is 4.38. The van der Waals surface area contributed by atoms with Crippen LogP contribution in [0.1, 0.15) is 18.9 Å². The Labute approximate surface area is 88.0 Å². The van der Waals surface area contributed by atoms with E-state index in [-0.39, 0.29) is 5.75 Å². The van der Waals surface area contributed by atoms with Gasteiger partial charge in [-0.15, -0.1) is 0 Å². The van der Waals surface area contributed by atoms with Gasteiger partial charge in [-0.3, -0.25) is 0 Å². The second-order valence-corrected chi connectivity index (χ2v) is 3.21. The first-order chi connectivity index (χ1) is 6.74. The van der Waals surface area contributed by atoms with Crippen molar-refractivity contribution in [1.29, 1.82) is 0 Å². The molecule has 3 nitrogen and oxygen atoms in total. The molecule has 0 aliphatic carbocycles. The Morgan fingerprint density at radius 1 is 1.57 bits per heavy atom. The molecule has 0 atom stereocenters. The number of hydrogen-bond acceptors (Lipinski definition) is 3. The maximum absolute atomic E-state index is 9.39. The van der Waals surface area contributed by atoms with Crippen molar-refractivity contribution in [2.75, 3.05) is 6.61 Å². The summed E-state index contributed by atoms with van der Waals surface area (Å²) in [7, 11) is 0. The predicted molar refractivity (Wildman–Crippen MR) is 57.0 cm³/mol. The summed E-state index contributed by atoms with van der Waals surface area (Å²) in [6.45, 7) is 2.56. The number of rotatable bonds is 4. The van der Waals surface area contributed by atoms with Crippen LogP contribution in [0, 0.1) is 0 Å². The SMILES string of the molecule is CCCO/N=C/c1cc(Cl)ccc1O. The van der Waals surface area contributed by atoms with Crippen LogP contribution in [0.25, 0.3) is 0 Å². The van der Waals surface area contributed by atoms with E-state index in [9.17, 15) is 5.11 Å². The number of oxime groups is 1. The van der Waals surface area contributed by atoms with Gasteiger partial charge in [-0.05, 0) is 24.6 Å². The molecule has 14 heavy (non-hydrogen) atoms. The minimum atomic E-state index is 0.137. The molecular formula is C10H12ClNO2. The zero-order chi connectivity index (χ0) is 10.4. The molecule has 1 rings (SSSR count). The van der Waals surface area contributed by atoms with Crippen molar-refractivity contribution in [2.45, 2.75) is 13.3 Å². The molecule has 1 N–H and O–H groups in total. The van der Waals surface area contributed by atoms with Gasteiger partial charge in [0.2, 0.25) is 0 Å². The van der Waals surface area contributed by atoms with Crippen LogP contribution in [0.5, 0.6) is 5.75 Å². The third-order valence-electron chi connectivity index (χ3n) is 1.55. The summed E-state index contributed by atoms with van der Waals surface area (Å²) in [5, 5.41) is 13.6. The molecule has 0 bridgehead atoms. The number of aromatic hydroxyl groups is 1. The van der Waals surface area contributed by atoms with Crippen LogP contribution in [0.15, 0.2) is 23.4 Å². The highest BCUT2D eigenvalue weighted by molar-refractivity contribution is 6.30. The Balaban J connectivity index is 2.65. The fourth-order valence-corrected chi connectivity index (χ4v) is 1.05. The summed E-state index contributed by atoms with van der Waals surface area (Å²) in [6, 6.07) is 4.75. The summed E-state index contributed by atoms with van der Waals surface area (Å²) < 4.78 is 0. The second-order valence-electron chi connectivity index (χ2n) is 2.77. The minimum absolute atomic E-state index is 0.137.